The average molecular weight is 333 g/mol. The van der Waals surface area contributed by atoms with Crippen LogP contribution in [0.25, 0.3) is 22.2 Å². The monoisotopic (exact) mass is 333 g/mol. The molecular weight excluding hydrogens is 314 g/mol. The maximum absolute atomic E-state index is 12.2. The lowest BCUT2D eigenvalue weighted by Gasteiger charge is -2.39. The van der Waals surface area contributed by atoms with Gasteiger partial charge in [-0.25, -0.2) is 0 Å². The number of carbonyl (C=O) groups is 1. The fourth-order valence-electron chi connectivity index (χ4n) is 3.29. The predicted molar refractivity (Wildman–Crippen MR) is 97.1 cm³/mol. The van der Waals surface area contributed by atoms with E-state index >= 15 is 0 Å². The molecule has 0 spiro atoms. The second-order valence-electron chi connectivity index (χ2n) is 6.63. The van der Waals surface area contributed by atoms with Crippen LogP contribution < -0.4 is 5.32 Å². The highest BCUT2D eigenvalue weighted by atomic mass is 16.2. The van der Waals surface area contributed by atoms with Crippen LogP contribution in [0.1, 0.15) is 18.9 Å². The minimum absolute atomic E-state index is 0.0686. The van der Waals surface area contributed by atoms with Gasteiger partial charge in [-0.05, 0) is 18.6 Å². The lowest BCUT2D eigenvalue weighted by molar-refractivity contribution is -0.129. The summed E-state index contributed by atoms with van der Waals surface area (Å²) in [6.07, 6.45) is 0.303. The summed E-state index contributed by atoms with van der Waals surface area (Å²) in [5.41, 5.74) is 3.23. The van der Waals surface area contributed by atoms with Gasteiger partial charge in [0.15, 0.2) is 5.96 Å². The first-order valence-corrected chi connectivity index (χ1v) is 8.15. The van der Waals surface area contributed by atoms with E-state index < -0.39 is 5.54 Å². The zero-order valence-corrected chi connectivity index (χ0v) is 14.1. The Morgan fingerprint density at radius 3 is 2.68 bits per heavy atom. The predicted octanol–water partition coefficient (Wildman–Crippen LogP) is 2.83. The van der Waals surface area contributed by atoms with Crippen LogP contribution in [-0.2, 0) is 10.3 Å². The van der Waals surface area contributed by atoms with Crippen LogP contribution in [0.5, 0.6) is 0 Å². The van der Waals surface area contributed by atoms with Gasteiger partial charge in [-0.15, -0.1) is 0 Å². The molecule has 2 aromatic carbocycles. The maximum Gasteiger partial charge on any atom is 0.231 e. The number of rotatable bonds is 2. The van der Waals surface area contributed by atoms with Crippen molar-refractivity contribution in [1.29, 1.82) is 5.41 Å². The Morgan fingerprint density at radius 2 is 1.96 bits per heavy atom. The number of amides is 1. The Morgan fingerprint density at radius 1 is 1.20 bits per heavy atom. The number of aromatic nitrogens is 2. The molecular formula is C19H19N5O. The third-order valence-corrected chi connectivity index (χ3v) is 4.86. The highest BCUT2D eigenvalue weighted by Crippen LogP contribution is 2.33. The molecule has 1 saturated heterocycles. The number of hydrogen-bond donors (Lipinski definition) is 3. The summed E-state index contributed by atoms with van der Waals surface area (Å²) in [5, 5.41) is 19.7. The van der Waals surface area contributed by atoms with Crippen molar-refractivity contribution < 1.29 is 4.79 Å². The van der Waals surface area contributed by atoms with Gasteiger partial charge < -0.3 is 5.32 Å². The Bertz CT molecular complexity index is 958. The van der Waals surface area contributed by atoms with Crippen LogP contribution in [0.15, 0.2) is 48.5 Å². The molecule has 126 valence electrons. The minimum atomic E-state index is -0.604. The lowest BCUT2D eigenvalue weighted by atomic mass is 9.86. The van der Waals surface area contributed by atoms with Crippen molar-refractivity contribution in [2.24, 2.45) is 0 Å². The molecule has 6 nitrogen and oxygen atoms in total. The van der Waals surface area contributed by atoms with Crippen LogP contribution in [0.3, 0.4) is 0 Å². The van der Waals surface area contributed by atoms with Crippen molar-refractivity contribution in [3.8, 4) is 11.3 Å². The molecule has 1 atom stereocenters. The van der Waals surface area contributed by atoms with E-state index in [9.17, 15) is 4.79 Å². The number of fused-ring (bicyclic) bond motifs is 1. The second kappa shape index (κ2) is 5.44. The van der Waals surface area contributed by atoms with Crippen LogP contribution in [0.4, 0.5) is 0 Å². The third-order valence-electron chi connectivity index (χ3n) is 4.86. The van der Waals surface area contributed by atoms with Gasteiger partial charge in [0.2, 0.25) is 5.91 Å². The standard InChI is InChI=1S/C19H19N5O/c1-19(11-16(25)24(2)18(20)21-19)13-8-9-14-15(10-13)22-23-17(14)12-6-4-3-5-7-12/h3-10H,11H2,1-2H3,(H2,20,21)(H,22,23)/t19-/m0/s1. The number of nitrogens with zero attached hydrogens (tertiary/aromatic N) is 2. The molecule has 4 rings (SSSR count). The summed E-state index contributed by atoms with van der Waals surface area (Å²) in [4.78, 5) is 13.5. The van der Waals surface area contributed by atoms with Gasteiger partial charge >= 0.3 is 0 Å². The van der Waals surface area contributed by atoms with E-state index in [1.165, 1.54) is 4.90 Å². The molecule has 1 aliphatic rings. The molecule has 25 heavy (non-hydrogen) atoms. The van der Waals surface area contributed by atoms with Crippen molar-refractivity contribution in [1.82, 2.24) is 20.4 Å². The van der Waals surface area contributed by atoms with Gasteiger partial charge in [0.05, 0.1) is 23.2 Å². The van der Waals surface area contributed by atoms with Gasteiger partial charge in [-0.3, -0.25) is 20.2 Å². The fraction of sp³-hybridized carbons (Fsp3) is 0.211. The van der Waals surface area contributed by atoms with Crippen LogP contribution in [-0.4, -0.2) is 34.0 Å². The number of hydrogen-bond acceptors (Lipinski definition) is 3. The van der Waals surface area contributed by atoms with Crippen molar-refractivity contribution in [3.63, 3.8) is 0 Å². The topological polar surface area (TPSA) is 84.9 Å². The van der Waals surface area contributed by atoms with E-state index in [4.69, 9.17) is 5.41 Å². The molecule has 1 amide bonds. The van der Waals surface area contributed by atoms with Gasteiger partial charge in [-0.1, -0.05) is 42.5 Å². The lowest BCUT2D eigenvalue weighted by Crippen LogP contribution is -2.58. The fourth-order valence-corrected chi connectivity index (χ4v) is 3.29. The van der Waals surface area contributed by atoms with E-state index in [1.54, 1.807) is 7.05 Å². The number of carbonyl (C=O) groups excluding carboxylic acids is 1. The molecule has 2 heterocycles. The maximum atomic E-state index is 12.2. The molecule has 0 bridgehead atoms. The SMILES string of the molecule is CN1C(=N)N[C@](C)(c2ccc3c(-c4ccccc4)n[nH]c3c2)CC1=O. The van der Waals surface area contributed by atoms with Gasteiger partial charge in [0.1, 0.15) is 0 Å². The minimum Gasteiger partial charge on any atom is -0.346 e. The summed E-state index contributed by atoms with van der Waals surface area (Å²) in [7, 11) is 1.61. The highest BCUT2D eigenvalue weighted by molar-refractivity contribution is 5.99. The van der Waals surface area contributed by atoms with Crippen molar-refractivity contribution in [2.75, 3.05) is 7.05 Å². The Hall–Kier alpha value is -3.15. The van der Waals surface area contributed by atoms with Gasteiger partial charge in [-0.2, -0.15) is 5.10 Å². The number of benzene rings is 2. The smallest absolute Gasteiger partial charge is 0.231 e. The Labute approximate surface area is 145 Å². The van der Waals surface area contributed by atoms with E-state index in [0.29, 0.717) is 6.42 Å². The van der Waals surface area contributed by atoms with Crippen molar-refractivity contribution >= 4 is 22.8 Å². The largest absolute Gasteiger partial charge is 0.346 e. The first-order chi connectivity index (χ1) is 12.0. The van der Waals surface area contributed by atoms with E-state index in [2.05, 4.69) is 15.5 Å². The first-order valence-electron chi connectivity index (χ1n) is 8.15. The summed E-state index contributed by atoms with van der Waals surface area (Å²) in [6, 6.07) is 16.1. The van der Waals surface area contributed by atoms with Gasteiger partial charge in [0, 0.05) is 18.0 Å². The van der Waals surface area contributed by atoms with Crippen molar-refractivity contribution in [3.05, 3.63) is 54.1 Å². The summed E-state index contributed by atoms with van der Waals surface area (Å²) in [5.74, 6) is 0.0503. The van der Waals surface area contributed by atoms with E-state index in [1.807, 2.05) is 55.5 Å². The Balaban J connectivity index is 1.76. The highest BCUT2D eigenvalue weighted by Gasteiger charge is 2.38. The molecule has 6 heteroatoms. The van der Waals surface area contributed by atoms with Crippen LogP contribution in [0.2, 0.25) is 0 Å². The molecule has 1 aliphatic heterocycles. The van der Waals surface area contributed by atoms with E-state index in [0.717, 1.165) is 27.7 Å². The Kier molecular flexibility index (Phi) is 3.35. The third kappa shape index (κ3) is 2.46. The summed E-state index contributed by atoms with van der Waals surface area (Å²) < 4.78 is 0. The molecule has 1 fully saturated rings. The first kappa shape index (κ1) is 15.4. The quantitative estimate of drug-likeness (QED) is 0.674. The summed E-state index contributed by atoms with van der Waals surface area (Å²) >= 11 is 0. The molecule has 1 aromatic heterocycles. The van der Waals surface area contributed by atoms with Crippen LogP contribution >= 0.6 is 0 Å². The van der Waals surface area contributed by atoms with Crippen molar-refractivity contribution in [2.45, 2.75) is 18.9 Å². The zero-order chi connectivity index (χ0) is 17.6. The second-order valence-corrected chi connectivity index (χ2v) is 6.63. The van der Waals surface area contributed by atoms with Crippen LogP contribution in [0, 0.1) is 5.41 Å². The molecule has 0 radical (unpaired) electrons. The average Bonchev–Trinajstić information content (AvgIpc) is 3.03. The molecule has 0 aliphatic carbocycles. The number of H-pyrrole nitrogens is 1. The number of guanidine groups is 1. The summed E-state index contributed by atoms with van der Waals surface area (Å²) in [6.45, 7) is 1.95. The molecule has 0 saturated carbocycles. The molecule has 3 aromatic rings. The number of aromatic amines is 1. The van der Waals surface area contributed by atoms with Gasteiger partial charge in [0.25, 0.3) is 0 Å². The van der Waals surface area contributed by atoms with E-state index in [-0.39, 0.29) is 11.9 Å². The zero-order valence-electron chi connectivity index (χ0n) is 14.1. The molecule has 3 N–H and O–H groups in total. The normalized spacial score (nSPS) is 20.8. The number of nitrogens with one attached hydrogen (secondary N) is 3. The molecule has 0 unspecified atom stereocenters.